The Morgan fingerprint density at radius 2 is 2.05 bits per heavy atom. The van der Waals surface area contributed by atoms with Gasteiger partial charge in [0, 0.05) is 13.1 Å². The normalized spacial score (nSPS) is 25.4. The van der Waals surface area contributed by atoms with Crippen molar-refractivity contribution in [2.75, 3.05) is 13.1 Å². The van der Waals surface area contributed by atoms with Crippen molar-refractivity contribution in [2.24, 2.45) is 5.92 Å². The van der Waals surface area contributed by atoms with Gasteiger partial charge in [-0.2, -0.15) is 0 Å². The summed E-state index contributed by atoms with van der Waals surface area (Å²) in [6, 6.07) is 7.99. The molecule has 2 atom stereocenters. The SMILES string of the molecule is O=C(O)[C@@H]1CCCN(C(=O)C2Cc3ccccc32)C1. The molecule has 0 radical (unpaired) electrons. The fraction of sp³-hybridized carbons (Fsp3) is 0.467. The van der Waals surface area contributed by atoms with Gasteiger partial charge >= 0.3 is 5.97 Å². The van der Waals surface area contributed by atoms with Crippen molar-refractivity contribution in [3.63, 3.8) is 0 Å². The lowest BCUT2D eigenvalue weighted by Gasteiger charge is -2.37. The number of benzene rings is 1. The highest BCUT2D eigenvalue weighted by molar-refractivity contribution is 5.87. The van der Waals surface area contributed by atoms with E-state index in [0.717, 1.165) is 18.4 Å². The summed E-state index contributed by atoms with van der Waals surface area (Å²) in [7, 11) is 0. The number of carboxylic acid groups (broad SMARTS) is 1. The van der Waals surface area contributed by atoms with Gasteiger partial charge in [0.05, 0.1) is 11.8 Å². The molecule has 4 nitrogen and oxygen atoms in total. The average molecular weight is 259 g/mol. The summed E-state index contributed by atoms with van der Waals surface area (Å²) in [5, 5.41) is 9.07. The third kappa shape index (κ3) is 2.11. The first-order valence-electron chi connectivity index (χ1n) is 6.76. The fourth-order valence-electron chi connectivity index (χ4n) is 3.08. The third-order valence-corrected chi connectivity index (χ3v) is 4.23. The molecule has 4 heteroatoms. The number of aliphatic carboxylic acids is 1. The van der Waals surface area contributed by atoms with Crippen LogP contribution in [-0.4, -0.2) is 35.0 Å². The van der Waals surface area contributed by atoms with E-state index in [9.17, 15) is 9.59 Å². The number of fused-ring (bicyclic) bond motifs is 1. The molecule has 0 bridgehead atoms. The molecular weight excluding hydrogens is 242 g/mol. The Morgan fingerprint density at radius 3 is 2.79 bits per heavy atom. The highest BCUT2D eigenvalue weighted by Gasteiger charge is 2.37. The Kier molecular flexibility index (Phi) is 3.01. The highest BCUT2D eigenvalue weighted by atomic mass is 16.4. The minimum atomic E-state index is -0.786. The summed E-state index contributed by atoms with van der Waals surface area (Å²) in [5.41, 5.74) is 2.36. The van der Waals surface area contributed by atoms with Crippen LogP contribution in [0.15, 0.2) is 24.3 Å². The predicted molar refractivity (Wildman–Crippen MR) is 69.8 cm³/mol. The molecule has 1 aromatic carbocycles. The molecule has 1 heterocycles. The van der Waals surface area contributed by atoms with Crippen LogP contribution in [0.1, 0.15) is 29.9 Å². The smallest absolute Gasteiger partial charge is 0.308 e. The second kappa shape index (κ2) is 4.68. The number of rotatable bonds is 2. The van der Waals surface area contributed by atoms with Crippen molar-refractivity contribution >= 4 is 11.9 Å². The van der Waals surface area contributed by atoms with Gasteiger partial charge in [-0.1, -0.05) is 24.3 Å². The van der Waals surface area contributed by atoms with Gasteiger partial charge in [-0.25, -0.2) is 0 Å². The number of nitrogens with zero attached hydrogens (tertiary/aromatic N) is 1. The third-order valence-electron chi connectivity index (χ3n) is 4.23. The summed E-state index contributed by atoms with van der Waals surface area (Å²) < 4.78 is 0. The summed E-state index contributed by atoms with van der Waals surface area (Å²) in [6.45, 7) is 1.06. The second-order valence-corrected chi connectivity index (χ2v) is 5.42. The number of carbonyl (C=O) groups excluding carboxylic acids is 1. The number of amides is 1. The Hall–Kier alpha value is -1.84. The summed E-state index contributed by atoms with van der Waals surface area (Å²) in [5.74, 6) is -1.13. The number of likely N-dealkylation sites (tertiary alicyclic amines) is 1. The first-order chi connectivity index (χ1) is 9.16. The topological polar surface area (TPSA) is 57.6 Å². The minimum absolute atomic E-state index is 0.0521. The molecule has 1 unspecified atom stereocenters. The molecule has 1 N–H and O–H groups in total. The zero-order chi connectivity index (χ0) is 13.4. The monoisotopic (exact) mass is 259 g/mol. The predicted octanol–water partition coefficient (Wildman–Crippen LogP) is 1.65. The zero-order valence-corrected chi connectivity index (χ0v) is 10.7. The number of piperidine rings is 1. The van der Waals surface area contributed by atoms with Gasteiger partial charge in [-0.15, -0.1) is 0 Å². The van der Waals surface area contributed by atoms with E-state index in [1.165, 1.54) is 5.56 Å². The molecule has 1 amide bonds. The Balaban J connectivity index is 1.70. The van der Waals surface area contributed by atoms with Crippen LogP contribution in [0.4, 0.5) is 0 Å². The van der Waals surface area contributed by atoms with E-state index in [0.29, 0.717) is 19.5 Å². The van der Waals surface area contributed by atoms with Crippen molar-refractivity contribution < 1.29 is 14.7 Å². The molecule has 0 spiro atoms. The van der Waals surface area contributed by atoms with Gasteiger partial charge in [0.1, 0.15) is 0 Å². The first kappa shape index (κ1) is 12.2. The van der Waals surface area contributed by atoms with Gasteiger partial charge in [0.2, 0.25) is 5.91 Å². The quantitative estimate of drug-likeness (QED) is 0.878. The van der Waals surface area contributed by atoms with Gasteiger partial charge in [-0.05, 0) is 30.4 Å². The molecule has 1 aliphatic carbocycles. The number of hydrogen-bond acceptors (Lipinski definition) is 2. The van der Waals surface area contributed by atoms with Gasteiger partial charge in [-0.3, -0.25) is 9.59 Å². The molecule has 0 saturated carbocycles. The van der Waals surface area contributed by atoms with E-state index < -0.39 is 11.9 Å². The van der Waals surface area contributed by atoms with Gasteiger partial charge in [0.25, 0.3) is 0 Å². The van der Waals surface area contributed by atoms with Crippen LogP contribution >= 0.6 is 0 Å². The van der Waals surface area contributed by atoms with E-state index in [1.807, 2.05) is 18.2 Å². The molecule has 1 aromatic rings. The maximum absolute atomic E-state index is 12.4. The van der Waals surface area contributed by atoms with Crippen LogP contribution in [0.3, 0.4) is 0 Å². The molecule has 2 aliphatic rings. The maximum atomic E-state index is 12.4. The van der Waals surface area contributed by atoms with Crippen molar-refractivity contribution in [1.29, 1.82) is 0 Å². The van der Waals surface area contributed by atoms with E-state index in [1.54, 1.807) is 4.90 Å². The summed E-state index contributed by atoms with van der Waals surface area (Å²) in [6.07, 6.45) is 2.26. The molecule has 1 saturated heterocycles. The average Bonchev–Trinajstić information content (AvgIpc) is 2.40. The van der Waals surface area contributed by atoms with Crippen molar-refractivity contribution in [1.82, 2.24) is 4.90 Å². The van der Waals surface area contributed by atoms with Crippen LogP contribution in [0.25, 0.3) is 0 Å². The van der Waals surface area contributed by atoms with Gasteiger partial charge in [0.15, 0.2) is 0 Å². The Bertz CT molecular complexity index is 526. The lowest BCUT2D eigenvalue weighted by atomic mass is 9.76. The Labute approximate surface area is 112 Å². The van der Waals surface area contributed by atoms with Crippen LogP contribution in [0.5, 0.6) is 0 Å². The van der Waals surface area contributed by atoms with Crippen molar-refractivity contribution in [2.45, 2.75) is 25.2 Å². The van der Waals surface area contributed by atoms with Crippen LogP contribution < -0.4 is 0 Å². The van der Waals surface area contributed by atoms with Crippen LogP contribution in [-0.2, 0) is 16.0 Å². The molecule has 19 heavy (non-hydrogen) atoms. The van der Waals surface area contributed by atoms with Crippen LogP contribution in [0.2, 0.25) is 0 Å². The number of hydrogen-bond donors (Lipinski definition) is 1. The Morgan fingerprint density at radius 1 is 1.26 bits per heavy atom. The second-order valence-electron chi connectivity index (χ2n) is 5.42. The standard InChI is InChI=1S/C15H17NO3/c17-14(13-8-10-4-1-2-6-12(10)13)16-7-3-5-11(9-16)15(18)19/h1-2,4,6,11,13H,3,5,7-9H2,(H,18,19)/t11-,13?/m1/s1. The van der Waals surface area contributed by atoms with Crippen molar-refractivity contribution in [3.05, 3.63) is 35.4 Å². The maximum Gasteiger partial charge on any atom is 0.308 e. The summed E-state index contributed by atoms with van der Waals surface area (Å²) >= 11 is 0. The lowest BCUT2D eigenvalue weighted by molar-refractivity contribution is -0.146. The summed E-state index contributed by atoms with van der Waals surface area (Å²) in [4.78, 5) is 25.2. The van der Waals surface area contributed by atoms with Gasteiger partial charge < -0.3 is 10.0 Å². The number of carbonyl (C=O) groups is 2. The first-order valence-corrected chi connectivity index (χ1v) is 6.76. The molecule has 3 rings (SSSR count). The molecule has 0 aromatic heterocycles. The highest BCUT2D eigenvalue weighted by Crippen LogP contribution is 2.36. The minimum Gasteiger partial charge on any atom is -0.481 e. The fourth-order valence-corrected chi connectivity index (χ4v) is 3.08. The molecular formula is C15H17NO3. The van der Waals surface area contributed by atoms with Crippen molar-refractivity contribution in [3.8, 4) is 0 Å². The van der Waals surface area contributed by atoms with Crippen LogP contribution in [0, 0.1) is 5.92 Å². The van der Waals surface area contributed by atoms with E-state index in [2.05, 4.69) is 6.07 Å². The van der Waals surface area contributed by atoms with E-state index >= 15 is 0 Å². The largest absolute Gasteiger partial charge is 0.481 e. The lowest BCUT2D eigenvalue weighted by Crippen LogP contribution is -2.46. The molecule has 1 aliphatic heterocycles. The number of carboxylic acids is 1. The zero-order valence-electron chi connectivity index (χ0n) is 10.7. The van der Waals surface area contributed by atoms with E-state index in [4.69, 9.17) is 5.11 Å². The van der Waals surface area contributed by atoms with E-state index in [-0.39, 0.29) is 11.8 Å². The molecule has 100 valence electrons. The molecule has 1 fully saturated rings.